The topological polar surface area (TPSA) is 77.1 Å². The Morgan fingerprint density at radius 2 is 2.17 bits per heavy atom. The molecule has 0 aliphatic carbocycles. The molecule has 0 bridgehead atoms. The van der Waals surface area contributed by atoms with Crippen molar-refractivity contribution in [3.05, 3.63) is 33.7 Å². The smallest absolute Gasteiger partial charge is 0.251 e. The van der Waals surface area contributed by atoms with Gasteiger partial charge in [0.1, 0.15) is 6.04 Å². The van der Waals surface area contributed by atoms with Gasteiger partial charge in [-0.1, -0.05) is 25.4 Å². The summed E-state index contributed by atoms with van der Waals surface area (Å²) in [4.78, 5) is 23.8. The van der Waals surface area contributed by atoms with E-state index >= 15 is 0 Å². The van der Waals surface area contributed by atoms with Gasteiger partial charge in [-0.2, -0.15) is 0 Å². The zero-order valence-electron chi connectivity index (χ0n) is 10.5. The van der Waals surface area contributed by atoms with Crippen molar-refractivity contribution >= 4 is 17.5 Å². The van der Waals surface area contributed by atoms with Gasteiger partial charge in [0.2, 0.25) is 5.91 Å². The van der Waals surface area contributed by atoms with E-state index in [2.05, 4.69) is 5.32 Å². The number of aromatic nitrogens is 1. The summed E-state index contributed by atoms with van der Waals surface area (Å²) in [6, 6.07) is 2.28. The number of rotatable bonds is 5. The molecular weight excluding hydrogens is 254 g/mol. The van der Waals surface area contributed by atoms with Gasteiger partial charge in [-0.3, -0.25) is 9.59 Å². The first-order valence-corrected chi connectivity index (χ1v) is 6.20. The van der Waals surface area contributed by atoms with Gasteiger partial charge in [0, 0.05) is 25.4 Å². The summed E-state index contributed by atoms with van der Waals surface area (Å²) < 4.78 is 1.36. The van der Waals surface area contributed by atoms with Crippen molar-refractivity contribution in [1.29, 1.82) is 0 Å². The Bertz CT molecular complexity index is 471. The number of carbonyl (C=O) groups excluding carboxylic acids is 1. The maximum atomic E-state index is 12.0. The molecular formula is C12H18ClN3O2. The van der Waals surface area contributed by atoms with Crippen LogP contribution < -0.4 is 16.6 Å². The third kappa shape index (κ3) is 3.58. The highest BCUT2D eigenvalue weighted by molar-refractivity contribution is 6.30. The molecule has 0 radical (unpaired) electrons. The first-order chi connectivity index (χ1) is 8.47. The van der Waals surface area contributed by atoms with Crippen molar-refractivity contribution < 1.29 is 4.79 Å². The van der Waals surface area contributed by atoms with Crippen LogP contribution in [-0.2, 0) is 4.79 Å². The van der Waals surface area contributed by atoms with E-state index < -0.39 is 6.04 Å². The molecule has 1 heterocycles. The molecule has 5 nitrogen and oxygen atoms in total. The predicted octanol–water partition coefficient (Wildman–Crippen LogP) is 0.774. The largest absolute Gasteiger partial charge is 0.353 e. The molecule has 0 fully saturated rings. The lowest BCUT2D eigenvalue weighted by molar-refractivity contribution is -0.125. The number of amides is 1. The highest BCUT2D eigenvalue weighted by Gasteiger charge is 2.24. The van der Waals surface area contributed by atoms with Crippen LogP contribution >= 0.6 is 11.6 Å². The lowest BCUT2D eigenvalue weighted by atomic mass is 10.0. The summed E-state index contributed by atoms with van der Waals surface area (Å²) in [5.74, 6) is -0.251. The van der Waals surface area contributed by atoms with Crippen molar-refractivity contribution in [2.45, 2.75) is 19.9 Å². The minimum absolute atomic E-state index is 0.0288. The average molecular weight is 272 g/mol. The van der Waals surface area contributed by atoms with E-state index in [0.29, 0.717) is 18.1 Å². The van der Waals surface area contributed by atoms with Crippen LogP contribution in [-0.4, -0.2) is 23.6 Å². The average Bonchev–Trinajstić information content (AvgIpc) is 2.30. The quantitative estimate of drug-likeness (QED) is 0.831. The van der Waals surface area contributed by atoms with Gasteiger partial charge in [-0.25, -0.2) is 0 Å². The first kappa shape index (κ1) is 14.7. The van der Waals surface area contributed by atoms with Crippen molar-refractivity contribution in [2.75, 3.05) is 13.1 Å². The number of nitrogens with two attached hydrogens (primary N) is 1. The fourth-order valence-electron chi connectivity index (χ4n) is 1.74. The van der Waals surface area contributed by atoms with E-state index in [9.17, 15) is 9.59 Å². The SMILES string of the molecule is CC(C)C(C(=O)NCCN)n1cc(Cl)ccc1=O. The molecule has 3 N–H and O–H groups in total. The molecule has 1 rings (SSSR count). The molecule has 1 atom stereocenters. The third-order valence-electron chi connectivity index (χ3n) is 2.55. The maximum Gasteiger partial charge on any atom is 0.251 e. The summed E-state index contributed by atoms with van der Waals surface area (Å²) in [6.07, 6.45) is 1.48. The molecule has 1 aromatic rings. The van der Waals surface area contributed by atoms with E-state index in [1.807, 2.05) is 13.8 Å². The molecule has 100 valence electrons. The zero-order chi connectivity index (χ0) is 13.7. The normalized spacial score (nSPS) is 12.5. The maximum absolute atomic E-state index is 12.0. The van der Waals surface area contributed by atoms with Gasteiger partial charge in [-0.05, 0) is 12.0 Å². The fourth-order valence-corrected chi connectivity index (χ4v) is 1.91. The van der Waals surface area contributed by atoms with Crippen molar-refractivity contribution in [1.82, 2.24) is 9.88 Å². The van der Waals surface area contributed by atoms with Crippen molar-refractivity contribution in [2.24, 2.45) is 11.7 Å². The number of hydrogen-bond acceptors (Lipinski definition) is 3. The Morgan fingerprint density at radius 3 is 2.72 bits per heavy atom. The van der Waals surface area contributed by atoms with E-state index in [0.717, 1.165) is 0 Å². The fraction of sp³-hybridized carbons (Fsp3) is 0.500. The molecule has 0 aliphatic heterocycles. The van der Waals surface area contributed by atoms with Crippen LogP contribution in [0.5, 0.6) is 0 Å². The molecule has 0 saturated carbocycles. The highest BCUT2D eigenvalue weighted by atomic mass is 35.5. The Balaban J connectivity index is 3.08. The van der Waals surface area contributed by atoms with Crippen molar-refractivity contribution in [3.63, 3.8) is 0 Å². The molecule has 1 aromatic heterocycles. The van der Waals surface area contributed by atoms with Crippen LogP contribution in [0.4, 0.5) is 0 Å². The number of hydrogen-bond donors (Lipinski definition) is 2. The molecule has 6 heteroatoms. The van der Waals surface area contributed by atoms with E-state index in [-0.39, 0.29) is 17.4 Å². The summed E-state index contributed by atoms with van der Waals surface area (Å²) >= 11 is 5.86. The van der Waals surface area contributed by atoms with Gasteiger partial charge in [-0.15, -0.1) is 0 Å². The Kier molecular flexibility index (Phi) is 5.37. The summed E-state index contributed by atoms with van der Waals surface area (Å²) in [5.41, 5.74) is 5.09. The second-order valence-corrected chi connectivity index (χ2v) is 4.80. The number of nitrogens with one attached hydrogen (secondary N) is 1. The Hall–Kier alpha value is -1.33. The van der Waals surface area contributed by atoms with Gasteiger partial charge in [0.05, 0.1) is 5.02 Å². The first-order valence-electron chi connectivity index (χ1n) is 5.83. The molecule has 1 unspecified atom stereocenters. The second kappa shape index (κ2) is 6.56. The monoisotopic (exact) mass is 271 g/mol. The van der Waals surface area contributed by atoms with Gasteiger partial charge in [0.15, 0.2) is 0 Å². The van der Waals surface area contributed by atoms with Crippen LogP contribution in [0, 0.1) is 5.92 Å². The molecule has 0 aliphatic rings. The van der Waals surface area contributed by atoms with Crippen LogP contribution in [0.15, 0.2) is 23.1 Å². The second-order valence-electron chi connectivity index (χ2n) is 4.36. The van der Waals surface area contributed by atoms with Gasteiger partial charge >= 0.3 is 0 Å². The Morgan fingerprint density at radius 1 is 1.50 bits per heavy atom. The molecule has 0 aromatic carbocycles. The molecule has 0 saturated heterocycles. The number of carbonyl (C=O) groups is 1. The lowest BCUT2D eigenvalue weighted by Gasteiger charge is -2.22. The summed E-state index contributed by atoms with van der Waals surface area (Å²) in [6.45, 7) is 4.50. The lowest BCUT2D eigenvalue weighted by Crippen LogP contribution is -2.41. The molecule has 0 spiro atoms. The highest BCUT2D eigenvalue weighted by Crippen LogP contribution is 2.17. The molecule has 18 heavy (non-hydrogen) atoms. The minimum Gasteiger partial charge on any atom is -0.353 e. The van der Waals surface area contributed by atoms with Gasteiger partial charge < -0.3 is 15.6 Å². The van der Waals surface area contributed by atoms with E-state index in [4.69, 9.17) is 17.3 Å². The van der Waals surface area contributed by atoms with Crippen LogP contribution in [0.3, 0.4) is 0 Å². The molecule has 1 amide bonds. The summed E-state index contributed by atoms with van der Waals surface area (Å²) in [7, 11) is 0. The van der Waals surface area contributed by atoms with E-state index in [1.54, 1.807) is 0 Å². The number of halogens is 1. The standard InChI is InChI=1S/C12H18ClN3O2/c1-8(2)11(12(18)15-6-5-14)16-7-9(13)3-4-10(16)17/h3-4,7-8,11H,5-6,14H2,1-2H3,(H,15,18). The van der Waals surface area contributed by atoms with Crippen molar-refractivity contribution in [3.8, 4) is 0 Å². The predicted molar refractivity (Wildman–Crippen MR) is 71.7 cm³/mol. The zero-order valence-corrected chi connectivity index (χ0v) is 11.3. The number of nitrogens with zero attached hydrogens (tertiary/aromatic N) is 1. The number of pyridine rings is 1. The third-order valence-corrected chi connectivity index (χ3v) is 2.77. The Labute approximate surface area is 111 Å². The van der Waals surface area contributed by atoms with E-state index in [1.165, 1.54) is 22.9 Å². The van der Waals surface area contributed by atoms with Crippen LogP contribution in [0.2, 0.25) is 5.02 Å². The van der Waals surface area contributed by atoms with Crippen LogP contribution in [0.25, 0.3) is 0 Å². The van der Waals surface area contributed by atoms with Crippen LogP contribution in [0.1, 0.15) is 19.9 Å². The summed E-state index contributed by atoms with van der Waals surface area (Å²) in [5, 5.41) is 3.12. The minimum atomic E-state index is -0.581. The van der Waals surface area contributed by atoms with Gasteiger partial charge in [0.25, 0.3) is 5.56 Å².